The molecular weight excluding hydrogens is 314 g/mol. The van der Waals surface area contributed by atoms with Gasteiger partial charge in [0.1, 0.15) is 12.1 Å². The molecule has 0 bridgehead atoms. The van der Waals surface area contributed by atoms with E-state index in [0.717, 1.165) is 42.4 Å². The van der Waals surface area contributed by atoms with E-state index in [9.17, 15) is 4.79 Å². The van der Waals surface area contributed by atoms with E-state index in [-0.39, 0.29) is 11.8 Å². The van der Waals surface area contributed by atoms with Crippen LogP contribution >= 0.6 is 0 Å². The van der Waals surface area contributed by atoms with Gasteiger partial charge in [0, 0.05) is 43.9 Å². The van der Waals surface area contributed by atoms with Crippen LogP contribution in [-0.4, -0.2) is 51.6 Å². The van der Waals surface area contributed by atoms with Gasteiger partial charge in [-0.2, -0.15) is 0 Å². The minimum Gasteiger partial charge on any atom is -0.342 e. The molecule has 25 heavy (non-hydrogen) atoms. The Morgan fingerprint density at radius 2 is 2.20 bits per heavy atom. The summed E-state index contributed by atoms with van der Waals surface area (Å²) in [4.78, 5) is 29.7. The summed E-state index contributed by atoms with van der Waals surface area (Å²) < 4.78 is 0. The number of likely N-dealkylation sites (tertiary alicyclic amines) is 1. The summed E-state index contributed by atoms with van der Waals surface area (Å²) in [7, 11) is 1.96. The first-order chi connectivity index (χ1) is 12.0. The number of nitrogens with zero attached hydrogens (tertiary/aromatic N) is 5. The first-order valence-electron chi connectivity index (χ1n) is 8.75. The lowest BCUT2D eigenvalue weighted by molar-refractivity contribution is -0.127. The highest BCUT2D eigenvalue weighted by Crippen LogP contribution is 2.27. The minimum absolute atomic E-state index is 0.0717. The van der Waals surface area contributed by atoms with Crippen LogP contribution in [-0.2, 0) is 4.79 Å². The van der Waals surface area contributed by atoms with Gasteiger partial charge in [-0.05, 0) is 25.0 Å². The lowest BCUT2D eigenvalue weighted by Gasteiger charge is -2.39. The van der Waals surface area contributed by atoms with E-state index in [1.54, 1.807) is 6.20 Å². The van der Waals surface area contributed by atoms with E-state index in [1.807, 2.05) is 37.9 Å². The molecule has 0 radical (unpaired) electrons. The molecule has 6 nitrogen and oxygen atoms in total. The van der Waals surface area contributed by atoms with Crippen molar-refractivity contribution in [1.29, 1.82) is 0 Å². The molecule has 132 valence electrons. The molecule has 1 atom stereocenters. The maximum atomic E-state index is 12.4. The third-order valence-electron chi connectivity index (χ3n) is 4.77. The number of carbonyl (C=O) groups excluding carboxylic acids is 1. The highest BCUT2D eigenvalue weighted by Gasteiger charge is 2.31. The summed E-state index contributed by atoms with van der Waals surface area (Å²) in [5.41, 5.74) is 2.40. The average Bonchev–Trinajstić information content (AvgIpc) is 2.64. The zero-order chi connectivity index (χ0) is 18.0. The van der Waals surface area contributed by atoms with E-state index in [4.69, 9.17) is 4.99 Å². The monoisotopic (exact) mass is 339 g/mol. The van der Waals surface area contributed by atoms with Crippen LogP contribution in [0.15, 0.2) is 41.9 Å². The van der Waals surface area contributed by atoms with Crippen molar-refractivity contribution < 1.29 is 4.79 Å². The molecule has 1 aromatic heterocycles. The fourth-order valence-corrected chi connectivity index (χ4v) is 3.32. The normalized spacial score (nSPS) is 21.3. The Labute approximate surface area is 149 Å². The van der Waals surface area contributed by atoms with Crippen molar-refractivity contribution in [2.75, 3.05) is 20.1 Å². The molecular formula is C19H25N5O. The molecule has 0 aliphatic carbocycles. The SMILES string of the molecule is C=C1C=C(c2ccncn2)N=C(N2CCCC(C(=O)C(C)C)C2)N1C. The average molecular weight is 339 g/mol. The summed E-state index contributed by atoms with van der Waals surface area (Å²) in [6.07, 6.45) is 7.10. The summed E-state index contributed by atoms with van der Waals surface area (Å²) in [5.74, 6) is 1.32. The number of aliphatic imine (C=N–C) groups is 1. The number of allylic oxidation sites excluding steroid dienone is 1. The fourth-order valence-electron chi connectivity index (χ4n) is 3.32. The molecule has 0 amide bonds. The van der Waals surface area contributed by atoms with Crippen molar-refractivity contribution in [3.8, 4) is 0 Å². The van der Waals surface area contributed by atoms with Gasteiger partial charge >= 0.3 is 0 Å². The van der Waals surface area contributed by atoms with Crippen LogP contribution in [0.2, 0.25) is 0 Å². The molecule has 3 heterocycles. The van der Waals surface area contributed by atoms with Crippen molar-refractivity contribution in [3.63, 3.8) is 0 Å². The molecule has 0 aromatic carbocycles. The Kier molecular flexibility index (Phi) is 4.97. The van der Waals surface area contributed by atoms with Crippen molar-refractivity contribution in [1.82, 2.24) is 19.8 Å². The van der Waals surface area contributed by atoms with E-state index < -0.39 is 0 Å². The van der Waals surface area contributed by atoms with Gasteiger partial charge in [0.25, 0.3) is 0 Å². The molecule has 0 saturated carbocycles. The van der Waals surface area contributed by atoms with Crippen LogP contribution in [0.25, 0.3) is 5.70 Å². The zero-order valence-electron chi connectivity index (χ0n) is 15.1. The smallest absolute Gasteiger partial charge is 0.206 e. The van der Waals surface area contributed by atoms with Gasteiger partial charge in [-0.15, -0.1) is 0 Å². The molecule has 0 N–H and O–H groups in total. The lowest BCUT2D eigenvalue weighted by atomic mass is 9.88. The number of rotatable bonds is 3. The van der Waals surface area contributed by atoms with Gasteiger partial charge in [-0.1, -0.05) is 20.4 Å². The van der Waals surface area contributed by atoms with Crippen molar-refractivity contribution in [3.05, 3.63) is 42.6 Å². The second-order valence-electron chi connectivity index (χ2n) is 6.93. The van der Waals surface area contributed by atoms with Crippen molar-refractivity contribution >= 4 is 17.4 Å². The third-order valence-corrected chi connectivity index (χ3v) is 4.77. The first kappa shape index (κ1) is 17.3. The Morgan fingerprint density at radius 3 is 2.88 bits per heavy atom. The molecule has 1 saturated heterocycles. The Hall–Kier alpha value is -2.50. The van der Waals surface area contributed by atoms with Gasteiger partial charge in [-0.25, -0.2) is 15.0 Å². The van der Waals surface area contributed by atoms with Gasteiger partial charge in [0.15, 0.2) is 0 Å². The fraction of sp³-hybridized carbons (Fsp3) is 0.474. The minimum atomic E-state index is 0.0717. The van der Waals surface area contributed by atoms with E-state index in [2.05, 4.69) is 21.4 Å². The topological polar surface area (TPSA) is 61.7 Å². The summed E-state index contributed by atoms with van der Waals surface area (Å²) in [6.45, 7) is 9.69. The third kappa shape index (κ3) is 3.62. The number of hydrogen-bond donors (Lipinski definition) is 0. The molecule has 6 heteroatoms. The molecule has 3 rings (SSSR count). The second kappa shape index (κ2) is 7.17. The van der Waals surface area contributed by atoms with E-state index >= 15 is 0 Å². The largest absolute Gasteiger partial charge is 0.342 e. The van der Waals surface area contributed by atoms with Crippen LogP contribution in [0.4, 0.5) is 0 Å². The molecule has 1 unspecified atom stereocenters. The Balaban J connectivity index is 1.86. The van der Waals surface area contributed by atoms with Crippen LogP contribution in [0.1, 0.15) is 32.4 Å². The molecule has 2 aliphatic heterocycles. The predicted molar refractivity (Wildman–Crippen MR) is 98.5 cm³/mol. The Bertz CT molecular complexity index is 723. The number of aromatic nitrogens is 2. The molecule has 2 aliphatic rings. The maximum absolute atomic E-state index is 12.4. The number of ketones is 1. The highest BCUT2D eigenvalue weighted by atomic mass is 16.1. The second-order valence-corrected chi connectivity index (χ2v) is 6.93. The number of hydrogen-bond acceptors (Lipinski definition) is 6. The van der Waals surface area contributed by atoms with Crippen LogP contribution in [0, 0.1) is 11.8 Å². The summed E-state index contributed by atoms with van der Waals surface area (Å²) in [6, 6.07) is 1.84. The highest BCUT2D eigenvalue weighted by molar-refractivity contribution is 5.91. The maximum Gasteiger partial charge on any atom is 0.206 e. The molecule has 1 aromatic rings. The number of carbonyl (C=O) groups is 1. The predicted octanol–water partition coefficient (Wildman–Crippen LogP) is 2.57. The van der Waals surface area contributed by atoms with Crippen LogP contribution in [0.5, 0.6) is 0 Å². The van der Waals surface area contributed by atoms with Gasteiger partial charge in [0.2, 0.25) is 5.96 Å². The van der Waals surface area contributed by atoms with E-state index in [0.29, 0.717) is 12.3 Å². The number of likely N-dealkylation sites (N-methyl/N-ethyl adjacent to an activating group) is 1. The summed E-state index contributed by atoms with van der Waals surface area (Å²) >= 11 is 0. The molecule has 0 spiro atoms. The van der Waals surface area contributed by atoms with Gasteiger partial charge in [0.05, 0.1) is 11.4 Å². The summed E-state index contributed by atoms with van der Waals surface area (Å²) in [5, 5.41) is 0. The lowest BCUT2D eigenvalue weighted by Crippen LogP contribution is -2.49. The number of piperidine rings is 1. The standard InChI is InChI=1S/C19H25N5O/c1-13(2)18(25)15-6-5-9-24(11-15)19-22-17(10-14(3)23(19)4)16-7-8-20-12-21-16/h7-8,10,12-13,15H,3,5-6,9,11H2,1-2,4H3. The molecule has 1 fully saturated rings. The number of guanidine groups is 1. The van der Waals surface area contributed by atoms with Crippen LogP contribution < -0.4 is 0 Å². The van der Waals surface area contributed by atoms with Crippen molar-refractivity contribution in [2.24, 2.45) is 16.8 Å². The van der Waals surface area contributed by atoms with Crippen LogP contribution in [0.3, 0.4) is 0 Å². The zero-order valence-corrected chi connectivity index (χ0v) is 15.1. The first-order valence-corrected chi connectivity index (χ1v) is 8.75. The van der Waals surface area contributed by atoms with E-state index in [1.165, 1.54) is 6.33 Å². The van der Waals surface area contributed by atoms with Gasteiger partial charge in [-0.3, -0.25) is 4.79 Å². The number of Topliss-reactive ketones (excluding diaryl/α,β-unsaturated/α-hetero) is 1. The van der Waals surface area contributed by atoms with Crippen molar-refractivity contribution in [2.45, 2.75) is 26.7 Å². The van der Waals surface area contributed by atoms with Gasteiger partial charge < -0.3 is 9.80 Å². The Morgan fingerprint density at radius 1 is 1.40 bits per heavy atom. The quantitative estimate of drug-likeness (QED) is 0.847.